The minimum atomic E-state index is -0.0313. The van der Waals surface area contributed by atoms with Gasteiger partial charge in [0.05, 0.1) is 5.39 Å². The number of nitrogens with zero attached hydrogens (tertiary/aromatic N) is 1. The Kier molecular flexibility index (Phi) is 2.94. The number of hydrogen-bond acceptors (Lipinski definition) is 3. The van der Waals surface area contributed by atoms with Crippen molar-refractivity contribution in [1.82, 2.24) is 4.98 Å². The fraction of sp³-hybridized carbons (Fsp3) is 0. The van der Waals surface area contributed by atoms with Crippen LogP contribution in [0.25, 0.3) is 23.1 Å². The lowest BCUT2D eigenvalue weighted by Crippen LogP contribution is -1.99. The first-order valence-corrected chi connectivity index (χ1v) is 5.94. The summed E-state index contributed by atoms with van der Waals surface area (Å²) in [5, 5.41) is 0.601. The van der Waals surface area contributed by atoms with Crippen LogP contribution in [0.2, 0.25) is 0 Å². The SMILES string of the molecule is O=c1cc(/C=C/c2ccncc2)oc2ccccc12. The van der Waals surface area contributed by atoms with Gasteiger partial charge in [-0.05, 0) is 35.9 Å². The highest BCUT2D eigenvalue weighted by Crippen LogP contribution is 2.13. The molecule has 0 bridgehead atoms. The summed E-state index contributed by atoms with van der Waals surface area (Å²) in [6.45, 7) is 0. The quantitative estimate of drug-likeness (QED) is 0.699. The first-order chi connectivity index (χ1) is 9.33. The molecule has 3 rings (SSSR count). The molecule has 0 saturated heterocycles. The average Bonchev–Trinajstić information content (AvgIpc) is 2.46. The van der Waals surface area contributed by atoms with Crippen molar-refractivity contribution in [2.75, 3.05) is 0 Å². The van der Waals surface area contributed by atoms with Crippen LogP contribution in [0.4, 0.5) is 0 Å². The van der Waals surface area contributed by atoms with E-state index in [9.17, 15) is 4.79 Å². The summed E-state index contributed by atoms with van der Waals surface area (Å²) < 4.78 is 5.66. The van der Waals surface area contributed by atoms with Crippen molar-refractivity contribution in [1.29, 1.82) is 0 Å². The first kappa shape index (κ1) is 11.4. The number of para-hydroxylation sites is 1. The van der Waals surface area contributed by atoms with E-state index in [1.54, 1.807) is 30.6 Å². The Balaban J connectivity index is 2.02. The molecule has 0 radical (unpaired) electrons. The molecule has 3 nitrogen and oxygen atoms in total. The Hall–Kier alpha value is -2.68. The Labute approximate surface area is 109 Å². The predicted octanol–water partition coefficient (Wildman–Crippen LogP) is 3.36. The lowest BCUT2D eigenvalue weighted by atomic mass is 10.2. The molecule has 0 amide bonds. The molecule has 2 heterocycles. The van der Waals surface area contributed by atoms with Crippen molar-refractivity contribution < 1.29 is 4.42 Å². The second-order valence-corrected chi connectivity index (χ2v) is 4.12. The fourth-order valence-electron chi connectivity index (χ4n) is 1.86. The standard InChI is InChI=1S/C16H11NO2/c18-15-11-13(6-5-12-7-9-17-10-8-12)19-16-4-2-1-3-14(15)16/h1-11H/b6-5+. The van der Waals surface area contributed by atoms with E-state index in [4.69, 9.17) is 4.42 Å². The maximum Gasteiger partial charge on any atom is 0.193 e. The molecule has 92 valence electrons. The average molecular weight is 249 g/mol. The van der Waals surface area contributed by atoms with Gasteiger partial charge in [-0.15, -0.1) is 0 Å². The van der Waals surface area contributed by atoms with Crippen LogP contribution in [-0.2, 0) is 0 Å². The number of pyridine rings is 1. The number of rotatable bonds is 2. The number of aromatic nitrogens is 1. The van der Waals surface area contributed by atoms with Gasteiger partial charge in [0, 0.05) is 18.5 Å². The van der Waals surface area contributed by atoms with Crippen molar-refractivity contribution >= 4 is 23.1 Å². The molecule has 0 aliphatic rings. The third-order valence-electron chi connectivity index (χ3n) is 2.80. The zero-order valence-electron chi connectivity index (χ0n) is 10.1. The summed E-state index contributed by atoms with van der Waals surface area (Å²) in [5.41, 5.74) is 1.58. The summed E-state index contributed by atoms with van der Waals surface area (Å²) in [7, 11) is 0. The summed E-state index contributed by atoms with van der Waals surface area (Å²) in [6, 6.07) is 12.5. The highest BCUT2D eigenvalue weighted by atomic mass is 16.3. The Morgan fingerprint density at radius 3 is 2.63 bits per heavy atom. The molecular weight excluding hydrogens is 238 g/mol. The molecule has 0 aliphatic carbocycles. The normalized spacial score (nSPS) is 11.2. The molecule has 0 atom stereocenters. The smallest absolute Gasteiger partial charge is 0.193 e. The lowest BCUT2D eigenvalue weighted by molar-refractivity contribution is 0.591. The second-order valence-electron chi connectivity index (χ2n) is 4.12. The van der Waals surface area contributed by atoms with Crippen LogP contribution >= 0.6 is 0 Å². The van der Waals surface area contributed by atoms with Crippen LogP contribution in [-0.4, -0.2) is 4.98 Å². The van der Waals surface area contributed by atoms with Gasteiger partial charge in [-0.1, -0.05) is 18.2 Å². The molecule has 1 aromatic carbocycles. The highest BCUT2D eigenvalue weighted by molar-refractivity contribution is 5.78. The van der Waals surface area contributed by atoms with Crippen molar-refractivity contribution in [3.63, 3.8) is 0 Å². The van der Waals surface area contributed by atoms with E-state index in [2.05, 4.69) is 4.98 Å². The van der Waals surface area contributed by atoms with Crippen molar-refractivity contribution in [3.05, 3.63) is 76.4 Å². The van der Waals surface area contributed by atoms with E-state index < -0.39 is 0 Å². The Morgan fingerprint density at radius 2 is 1.79 bits per heavy atom. The molecule has 2 aromatic heterocycles. The van der Waals surface area contributed by atoms with Crippen LogP contribution in [0.3, 0.4) is 0 Å². The zero-order valence-corrected chi connectivity index (χ0v) is 10.1. The molecule has 3 aromatic rings. The number of benzene rings is 1. The second kappa shape index (κ2) is 4.90. The number of fused-ring (bicyclic) bond motifs is 1. The van der Waals surface area contributed by atoms with E-state index in [-0.39, 0.29) is 5.43 Å². The molecule has 3 heteroatoms. The molecule has 0 saturated carbocycles. The molecule has 0 spiro atoms. The molecule has 0 unspecified atom stereocenters. The minimum Gasteiger partial charge on any atom is -0.456 e. The Morgan fingerprint density at radius 1 is 1.00 bits per heavy atom. The van der Waals surface area contributed by atoms with Gasteiger partial charge < -0.3 is 4.42 Å². The largest absolute Gasteiger partial charge is 0.456 e. The van der Waals surface area contributed by atoms with Gasteiger partial charge in [0.2, 0.25) is 0 Å². The summed E-state index contributed by atoms with van der Waals surface area (Å²) in [5.74, 6) is 0.542. The molecule has 0 fully saturated rings. The topological polar surface area (TPSA) is 43.1 Å². The van der Waals surface area contributed by atoms with Crippen LogP contribution in [0, 0.1) is 0 Å². The third-order valence-corrected chi connectivity index (χ3v) is 2.80. The zero-order chi connectivity index (χ0) is 13.1. The number of hydrogen-bond donors (Lipinski definition) is 0. The van der Waals surface area contributed by atoms with Crippen LogP contribution in [0.5, 0.6) is 0 Å². The minimum absolute atomic E-state index is 0.0313. The van der Waals surface area contributed by atoms with E-state index in [0.717, 1.165) is 5.56 Å². The summed E-state index contributed by atoms with van der Waals surface area (Å²) in [6.07, 6.45) is 7.10. The summed E-state index contributed by atoms with van der Waals surface area (Å²) in [4.78, 5) is 15.9. The van der Waals surface area contributed by atoms with Crippen molar-refractivity contribution in [3.8, 4) is 0 Å². The maximum absolute atomic E-state index is 11.9. The monoisotopic (exact) mass is 249 g/mol. The van der Waals surface area contributed by atoms with E-state index in [1.165, 1.54) is 6.07 Å². The van der Waals surface area contributed by atoms with Gasteiger partial charge in [-0.3, -0.25) is 9.78 Å². The van der Waals surface area contributed by atoms with Crippen molar-refractivity contribution in [2.45, 2.75) is 0 Å². The van der Waals surface area contributed by atoms with Gasteiger partial charge in [-0.2, -0.15) is 0 Å². The third kappa shape index (κ3) is 2.45. The van der Waals surface area contributed by atoms with Crippen molar-refractivity contribution in [2.24, 2.45) is 0 Å². The van der Waals surface area contributed by atoms with Gasteiger partial charge in [0.25, 0.3) is 0 Å². The maximum atomic E-state index is 11.9. The predicted molar refractivity (Wildman–Crippen MR) is 75.6 cm³/mol. The molecule has 19 heavy (non-hydrogen) atoms. The van der Waals surface area contributed by atoms with Crippen LogP contribution in [0.15, 0.2) is 64.1 Å². The van der Waals surface area contributed by atoms with Gasteiger partial charge >= 0.3 is 0 Å². The van der Waals surface area contributed by atoms with E-state index in [1.807, 2.05) is 30.3 Å². The fourth-order valence-corrected chi connectivity index (χ4v) is 1.86. The molecule has 0 aliphatic heterocycles. The van der Waals surface area contributed by atoms with E-state index in [0.29, 0.717) is 16.7 Å². The van der Waals surface area contributed by atoms with E-state index >= 15 is 0 Å². The van der Waals surface area contributed by atoms with Gasteiger partial charge in [0.1, 0.15) is 11.3 Å². The highest BCUT2D eigenvalue weighted by Gasteiger charge is 2.01. The van der Waals surface area contributed by atoms with Crippen LogP contribution < -0.4 is 5.43 Å². The molecular formula is C16H11NO2. The summed E-state index contributed by atoms with van der Waals surface area (Å²) >= 11 is 0. The van der Waals surface area contributed by atoms with Gasteiger partial charge in [0.15, 0.2) is 5.43 Å². The molecule has 0 N–H and O–H groups in total. The first-order valence-electron chi connectivity index (χ1n) is 5.94. The lowest BCUT2D eigenvalue weighted by Gasteiger charge is -1.98. The van der Waals surface area contributed by atoms with Crippen LogP contribution in [0.1, 0.15) is 11.3 Å². The van der Waals surface area contributed by atoms with Gasteiger partial charge in [-0.25, -0.2) is 0 Å². The Bertz CT molecular complexity index is 788.